The van der Waals surface area contributed by atoms with Crippen LogP contribution in [0.3, 0.4) is 0 Å². The molecule has 2 aromatic rings. The van der Waals surface area contributed by atoms with Gasteiger partial charge in [-0.05, 0) is 36.8 Å². The van der Waals surface area contributed by atoms with Crippen molar-refractivity contribution in [3.63, 3.8) is 0 Å². The number of benzene rings is 2. The van der Waals surface area contributed by atoms with Gasteiger partial charge < -0.3 is 15.4 Å². The van der Waals surface area contributed by atoms with Crippen LogP contribution >= 0.6 is 0 Å². The monoisotopic (exact) mass is 270 g/mol. The van der Waals surface area contributed by atoms with Gasteiger partial charge in [0.05, 0.1) is 12.7 Å². The molecule has 0 saturated carbocycles. The normalized spacial score (nSPS) is 10.2. The molecule has 0 aliphatic heterocycles. The zero-order valence-electron chi connectivity index (χ0n) is 11.9. The second-order valence-corrected chi connectivity index (χ2v) is 4.66. The van der Waals surface area contributed by atoms with Gasteiger partial charge in [0, 0.05) is 24.5 Å². The third-order valence-electron chi connectivity index (χ3n) is 3.18. The largest absolute Gasteiger partial charge is 0.497 e. The lowest BCUT2D eigenvalue weighted by Gasteiger charge is -2.19. The summed E-state index contributed by atoms with van der Waals surface area (Å²) in [5.74, 6) is 0.494. The smallest absolute Gasteiger partial charge is 0.260 e. The number of methoxy groups -OCH3 is 1. The quantitative estimate of drug-likeness (QED) is 0.872. The lowest BCUT2D eigenvalue weighted by molar-refractivity contribution is 0.0994. The molecule has 0 aromatic heterocycles. The molecule has 4 heteroatoms. The molecule has 20 heavy (non-hydrogen) atoms. The first-order valence-electron chi connectivity index (χ1n) is 6.31. The summed E-state index contributed by atoms with van der Waals surface area (Å²) < 4.78 is 5.09. The number of ether oxygens (including phenoxy) is 1. The number of rotatable bonds is 3. The van der Waals surface area contributed by atoms with Gasteiger partial charge in [-0.15, -0.1) is 0 Å². The molecular formula is C16H18N2O2. The van der Waals surface area contributed by atoms with Crippen LogP contribution in [0.1, 0.15) is 15.9 Å². The lowest BCUT2D eigenvalue weighted by atomic mass is 10.1. The van der Waals surface area contributed by atoms with Gasteiger partial charge in [-0.1, -0.05) is 12.1 Å². The number of anilines is 2. The van der Waals surface area contributed by atoms with Crippen molar-refractivity contribution in [2.24, 2.45) is 0 Å². The van der Waals surface area contributed by atoms with Crippen LogP contribution in [0.5, 0.6) is 5.75 Å². The van der Waals surface area contributed by atoms with E-state index in [1.807, 2.05) is 31.2 Å². The number of aryl methyl sites for hydroxylation is 1. The Labute approximate surface area is 118 Å². The maximum atomic E-state index is 12.5. The Morgan fingerprint density at radius 3 is 2.55 bits per heavy atom. The number of nitrogens with zero attached hydrogens (tertiary/aromatic N) is 1. The van der Waals surface area contributed by atoms with Gasteiger partial charge in [0.1, 0.15) is 5.75 Å². The number of amides is 1. The Kier molecular flexibility index (Phi) is 3.94. The fourth-order valence-corrected chi connectivity index (χ4v) is 2.00. The number of nitrogens with two attached hydrogens (primary N) is 1. The molecule has 2 N–H and O–H groups in total. The van der Waals surface area contributed by atoms with Crippen LogP contribution in [0.4, 0.5) is 11.4 Å². The Morgan fingerprint density at radius 2 is 1.95 bits per heavy atom. The average Bonchev–Trinajstić information content (AvgIpc) is 2.45. The third-order valence-corrected chi connectivity index (χ3v) is 3.18. The maximum Gasteiger partial charge on any atom is 0.260 e. The highest BCUT2D eigenvalue weighted by atomic mass is 16.5. The topological polar surface area (TPSA) is 55.6 Å². The number of nitrogen functional groups attached to an aromatic ring is 1. The molecule has 0 saturated heterocycles. The van der Waals surface area contributed by atoms with Crippen molar-refractivity contribution >= 4 is 17.3 Å². The summed E-state index contributed by atoms with van der Waals surface area (Å²) in [6.45, 7) is 1.99. The van der Waals surface area contributed by atoms with Crippen molar-refractivity contribution in [1.82, 2.24) is 0 Å². The van der Waals surface area contributed by atoms with Crippen LogP contribution < -0.4 is 15.4 Å². The summed E-state index contributed by atoms with van der Waals surface area (Å²) >= 11 is 0. The Bertz CT molecular complexity index is 638. The summed E-state index contributed by atoms with van der Waals surface area (Å²) in [6.07, 6.45) is 0. The predicted molar refractivity (Wildman–Crippen MR) is 81.3 cm³/mol. The Morgan fingerprint density at radius 1 is 1.20 bits per heavy atom. The van der Waals surface area contributed by atoms with Gasteiger partial charge in [-0.25, -0.2) is 0 Å². The molecule has 0 heterocycles. The molecule has 2 aromatic carbocycles. The third kappa shape index (κ3) is 2.74. The molecule has 0 aliphatic carbocycles. The van der Waals surface area contributed by atoms with E-state index in [-0.39, 0.29) is 5.91 Å². The SMILES string of the molecule is COc1ccc(C(=O)N(C)c2cccc(C)c2)c(N)c1. The molecule has 0 radical (unpaired) electrons. The first-order chi connectivity index (χ1) is 9.52. The molecule has 0 fully saturated rings. The summed E-state index contributed by atoms with van der Waals surface area (Å²) in [4.78, 5) is 14.1. The van der Waals surface area contributed by atoms with Crippen molar-refractivity contribution in [3.05, 3.63) is 53.6 Å². The minimum Gasteiger partial charge on any atom is -0.497 e. The van der Waals surface area contributed by atoms with Gasteiger partial charge in [-0.3, -0.25) is 4.79 Å². The molecule has 0 bridgehead atoms. The highest BCUT2D eigenvalue weighted by molar-refractivity contribution is 6.09. The van der Waals surface area contributed by atoms with E-state index in [1.165, 1.54) is 0 Å². The van der Waals surface area contributed by atoms with Crippen molar-refractivity contribution in [3.8, 4) is 5.75 Å². The van der Waals surface area contributed by atoms with Gasteiger partial charge in [0.15, 0.2) is 0 Å². The molecular weight excluding hydrogens is 252 g/mol. The van der Waals surface area contributed by atoms with Crippen molar-refractivity contribution in [1.29, 1.82) is 0 Å². The molecule has 104 valence electrons. The van der Waals surface area contributed by atoms with E-state index >= 15 is 0 Å². The van der Waals surface area contributed by atoms with Gasteiger partial charge in [-0.2, -0.15) is 0 Å². The number of carbonyl (C=O) groups excluding carboxylic acids is 1. The standard InChI is InChI=1S/C16H18N2O2/c1-11-5-4-6-12(9-11)18(2)16(19)14-8-7-13(20-3)10-15(14)17/h4-10H,17H2,1-3H3. The number of hydrogen-bond acceptors (Lipinski definition) is 3. The van der Waals surface area contributed by atoms with E-state index in [1.54, 1.807) is 37.3 Å². The molecule has 0 aliphatic rings. The summed E-state index contributed by atoms with van der Waals surface area (Å²) in [5.41, 5.74) is 8.73. The zero-order chi connectivity index (χ0) is 14.7. The summed E-state index contributed by atoms with van der Waals surface area (Å²) in [7, 11) is 3.30. The van der Waals surface area contributed by atoms with Crippen LogP contribution in [0.15, 0.2) is 42.5 Å². The first kappa shape index (κ1) is 13.9. The maximum absolute atomic E-state index is 12.5. The Hall–Kier alpha value is -2.49. The highest BCUT2D eigenvalue weighted by Crippen LogP contribution is 2.23. The van der Waals surface area contributed by atoms with E-state index in [4.69, 9.17) is 10.5 Å². The van der Waals surface area contributed by atoms with Crippen molar-refractivity contribution in [2.45, 2.75) is 6.92 Å². The predicted octanol–water partition coefficient (Wildman–Crippen LogP) is 2.86. The van der Waals surface area contributed by atoms with Crippen LogP contribution in [0, 0.1) is 6.92 Å². The molecule has 0 spiro atoms. The van der Waals surface area contributed by atoms with E-state index in [0.717, 1.165) is 11.3 Å². The number of hydrogen-bond donors (Lipinski definition) is 1. The summed E-state index contributed by atoms with van der Waals surface area (Å²) in [6, 6.07) is 12.8. The van der Waals surface area contributed by atoms with Gasteiger partial charge >= 0.3 is 0 Å². The van der Waals surface area contributed by atoms with E-state index in [0.29, 0.717) is 17.0 Å². The second kappa shape index (κ2) is 5.65. The molecule has 0 atom stereocenters. The zero-order valence-corrected chi connectivity index (χ0v) is 11.9. The van der Waals surface area contributed by atoms with Crippen LogP contribution in [-0.2, 0) is 0 Å². The van der Waals surface area contributed by atoms with Crippen LogP contribution in [-0.4, -0.2) is 20.1 Å². The lowest BCUT2D eigenvalue weighted by Crippen LogP contribution is -2.27. The van der Waals surface area contributed by atoms with E-state index in [2.05, 4.69) is 0 Å². The minimum absolute atomic E-state index is 0.143. The molecule has 4 nitrogen and oxygen atoms in total. The fourth-order valence-electron chi connectivity index (χ4n) is 2.00. The van der Waals surface area contributed by atoms with Crippen LogP contribution in [0.2, 0.25) is 0 Å². The fraction of sp³-hybridized carbons (Fsp3) is 0.188. The second-order valence-electron chi connectivity index (χ2n) is 4.66. The molecule has 2 rings (SSSR count). The summed E-state index contributed by atoms with van der Waals surface area (Å²) in [5, 5.41) is 0. The van der Waals surface area contributed by atoms with E-state index < -0.39 is 0 Å². The van der Waals surface area contributed by atoms with Gasteiger partial charge in [0.25, 0.3) is 5.91 Å². The van der Waals surface area contributed by atoms with Crippen molar-refractivity contribution < 1.29 is 9.53 Å². The number of carbonyl (C=O) groups is 1. The average molecular weight is 270 g/mol. The van der Waals surface area contributed by atoms with Crippen LogP contribution in [0.25, 0.3) is 0 Å². The highest BCUT2D eigenvalue weighted by Gasteiger charge is 2.16. The first-order valence-corrected chi connectivity index (χ1v) is 6.31. The molecule has 0 unspecified atom stereocenters. The van der Waals surface area contributed by atoms with Crippen molar-refractivity contribution in [2.75, 3.05) is 24.8 Å². The van der Waals surface area contributed by atoms with E-state index in [9.17, 15) is 4.79 Å². The Balaban J connectivity index is 2.31. The molecule has 1 amide bonds. The minimum atomic E-state index is -0.143. The van der Waals surface area contributed by atoms with Gasteiger partial charge in [0.2, 0.25) is 0 Å².